The molecule has 0 bridgehead atoms. The summed E-state index contributed by atoms with van der Waals surface area (Å²) in [5.41, 5.74) is 0.553. The molecule has 0 atom stereocenters. The fourth-order valence-electron chi connectivity index (χ4n) is 9.90. The molecular weight excluding hydrogens is 1140 g/mol. The zero-order chi connectivity index (χ0) is 73.6. The molecule has 0 fully saturated rings. The molecule has 0 N–H and O–H groups in total. The van der Waals surface area contributed by atoms with Crippen LogP contribution in [0.4, 0.5) is 0 Å². The molecule has 10 aromatic carbocycles. The largest absolute Gasteiger partial charge is 0.510 e. The van der Waals surface area contributed by atoms with Crippen LogP contribution in [0.1, 0.15) is 75.9 Å². The molecule has 79 heavy (non-hydrogen) atoms. The van der Waals surface area contributed by atoms with E-state index in [-0.39, 0.29) is 128 Å². The fraction of sp³-hybridized carbons (Fsp3) is 0.0959. The minimum absolute atomic E-state index is 0. The van der Waals surface area contributed by atoms with Crippen molar-refractivity contribution in [2.75, 3.05) is 0 Å². The molecule has 13 rings (SSSR count). The number of fused-ring (bicyclic) bond motifs is 4. The van der Waals surface area contributed by atoms with E-state index in [0.29, 0.717) is 27.4 Å². The van der Waals surface area contributed by atoms with Gasteiger partial charge in [0.2, 0.25) is 0 Å². The van der Waals surface area contributed by atoms with Crippen LogP contribution in [0.2, 0.25) is 0 Å². The van der Waals surface area contributed by atoms with Gasteiger partial charge >= 0.3 is 0 Å². The maximum Gasteiger partial charge on any atom is 0.268 e. The molecule has 0 saturated heterocycles. The summed E-state index contributed by atoms with van der Waals surface area (Å²) in [7, 11) is 0. The Kier molecular flexibility index (Phi) is 7.98. The minimum atomic E-state index is -2.89. The second kappa shape index (κ2) is 20.8. The third kappa shape index (κ3) is 9.49. The molecule has 3 heterocycles. The molecule has 0 amide bonds. The fourth-order valence-corrected chi connectivity index (χ4v) is 9.90. The summed E-state index contributed by atoms with van der Waals surface area (Å²) in [6.07, 6.45) is 4.62. The summed E-state index contributed by atoms with van der Waals surface area (Å²) in [6.45, 7) is -2.61. The number of pyridine rings is 1. The molecule has 0 aliphatic carbocycles. The van der Waals surface area contributed by atoms with Gasteiger partial charge < -0.3 is 13.9 Å². The normalized spacial score (nSPS) is 16.4. The number of imidazole rings is 1. The van der Waals surface area contributed by atoms with Gasteiger partial charge in [0.1, 0.15) is 5.82 Å². The van der Waals surface area contributed by atoms with Crippen LogP contribution in [0.5, 0.6) is 11.5 Å². The summed E-state index contributed by atoms with van der Waals surface area (Å²) in [4.78, 5) is 4.68. The van der Waals surface area contributed by atoms with Gasteiger partial charge in [0, 0.05) is 62.2 Å². The predicted octanol–water partition coefficient (Wildman–Crippen LogP) is 18.1. The Morgan fingerprint density at radius 2 is 1.19 bits per heavy atom. The van der Waals surface area contributed by atoms with Gasteiger partial charge in [-0.2, -0.15) is 18.2 Å². The van der Waals surface area contributed by atoms with Gasteiger partial charge in [0.15, 0.2) is 0 Å². The predicted molar refractivity (Wildman–Crippen MR) is 320 cm³/mol. The van der Waals surface area contributed by atoms with E-state index < -0.39 is 117 Å². The number of aromatic nitrogens is 4. The Morgan fingerprint density at radius 1 is 0.532 bits per heavy atom. The van der Waals surface area contributed by atoms with Crippen LogP contribution in [-0.2, 0) is 26.5 Å². The van der Waals surface area contributed by atoms with Crippen molar-refractivity contribution >= 4 is 32.8 Å². The molecule has 5 nitrogen and oxygen atoms in total. The second-order valence-corrected chi connectivity index (χ2v) is 19.5. The van der Waals surface area contributed by atoms with Crippen LogP contribution < -0.4 is 9.30 Å². The SMILES string of the molecule is [2H]c1c([2H])c([2H])c(-c2cc(-c3cccc(C(C)(C)C)c3)c(-[n+]3[c-]n(-c4[c-]c(Oc5[c-]c6c(cc5)c5ccccc5n6-c5cc(C([2H])([2H])[2H])c(-c6c([2H])c([2H])c([2H])c([2H])c6[2H])cn5)ccc4)c4cc(-c5c(C([2H])([2H])[2H])cccc5C([2H])([2H])[2H])ccc43)c(-c3c([2H])c([2H])c([2H])c([2H])c3[2H])c2)c([2H])c1[2H].[Pt]. The van der Waals surface area contributed by atoms with Crippen LogP contribution in [-0.4, -0.2) is 14.1 Å². The molecule has 0 saturated carbocycles. The van der Waals surface area contributed by atoms with Gasteiger partial charge in [-0.3, -0.25) is 4.57 Å². The molecule has 386 valence electrons. The number of nitrogens with zero attached hydrogens (tertiary/aromatic N) is 4. The van der Waals surface area contributed by atoms with Crippen molar-refractivity contribution < 1.29 is 63.3 Å². The van der Waals surface area contributed by atoms with E-state index in [1.54, 1.807) is 81.9 Å². The van der Waals surface area contributed by atoms with E-state index in [2.05, 4.69) is 23.4 Å². The van der Waals surface area contributed by atoms with Crippen molar-refractivity contribution in [3.63, 3.8) is 0 Å². The number of hydrogen-bond acceptors (Lipinski definition) is 2. The van der Waals surface area contributed by atoms with E-state index in [1.807, 2.05) is 45.0 Å². The minimum Gasteiger partial charge on any atom is -0.510 e. The number of hydrogen-bond donors (Lipinski definition) is 0. The van der Waals surface area contributed by atoms with Gasteiger partial charge in [-0.1, -0.05) is 190 Å². The number of aryl methyl sites for hydroxylation is 3. The maximum absolute atomic E-state index is 9.57. The first-order valence-electron chi connectivity index (χ1n) is 36.7. The smallest absolute Gasteiger partial charge is 0.268 e. The number of benzene rings is 10. The summed E-state index contributed by atoms with van der Waals surface area (Å²) in [5.74, 6) is 0.243. The van der Waals surface area contributed by atoms with Gasteiger partial charge in [-0.05, 0) is 140 Å². The number of para-hydroxylation sites is 1. The van der Waals surface area contributed by atoms with Gasteiger partial charge in [0.05, 0.1) is 37.3 Å². The Balaban J connectivity index is 0.00001000. The zero-order valence-electron chi connectivity index (χ0n) is 66.3. The van der Waals surface area contributed by atoms with Crippen molar-refractivity contribution in [2.24, 2.45) is 0 Å². The quantitative estimate of drug-likeness (QED) is 0.101. The molecular formula is C73H56N4OPt-2. The summed E-state index contributed by atoms with van der Waals surface area (Å²) < 4.78 is 222. The van der Waals surface area contributed by atoms with Crippen molar-refractivity contribution in [3.05, 3.63) is 271 Å². The van der Waals surface area contributed by atoms with Crippen LogP contribution in [0.3, 0.4) is 0 Å². The van der Waals surface area contributed by atoms with Crippen molar-refractivity contribution in [1.29, 1.82) is 0 Å². The van der Waals surface area contributed by atoms with Crippen molar-refractivity contribution in [1.82, 2.24) is 14.1 Å². The summed E-state index contributed by atoms with van der Waals surface area (Å²) in [6, 6.07) is 32.7. The third-order valence-corrected chi connectivity index (χ3v) is 13.6. The van der Waals surface area contributed by atoms with E-state index in [1.165, 1.54) is 47.2 Å². The number of ether oxygens (including phenoxy) is 1. The second-order valence-electron chi connectivity index (χ2n) is 19.5. The Hall–Kier alpha value is -8.89. The van der Waals surface area contributed by atoms with E-state index in [9.17, 15) is 5.48 Å². The topological polar surface area (TPSA) is 35.9 Å². The Labute approximate surface area is 510 Å². The molecule has 6 heteroatoms. The van der Waals surface area contributed by atoms with Crippen LogP contribution in [0.25, 0.3) is 106 Å². The molecule has 0 aliphatic heterocycles. The molecule has 0 unspecified atom stereocenters. The monoisotopic (exact) mass is 1220 g/mol. The molecule has 0 spiro atoms. The summed E-state index contributed by atoms with van der Waals surface area (Å²) >= 11 is 0. The molecule has 0 aliphatic rings. The summed E-state index contributed by atoms with van der Waals surface area (Å²) in [5, 5.41) is 1.33. The van der Waals surface area contributed by atoms with E-state index in [0.717, 1.165) is 5.56 Å². The average Bonchev–Trinajstić information content (AvgIpc) is 1.69. The van der Waals surface area contributed by atoms with Gasteiger partial charge in [0.25, 0.3) is 6.33 Å². The first kappa shape index (κ1) is 30.3. The van der Waals surface area contributed by atoms with Crippen LogP contribution >= 0.6 is 0 Å². The van der Waals surface area contributed by atoms with E-state index >= 15 is 0 Å². The Bertz CT molecular complexity index is 5590. The van der Waals surface area contributed by atoms with E-state index in [4.69, 9.17) is 32.2 Å². The Morgan fingerprint density at radius 3 is 1.91 bits per heavy atom. The van der Waals surface area contributed by atoms with Crippen LogP contribution in [0.15, 0.2) is 230 Å². The van der Waals surface area contributed by atoms with Gasteiger partial charge in [-0.15, -0.1) is 29.7 Å². The molecule has 13 aromatic rings. The standard InChI is InChI=1S/C73H56N4O.Pt/c1-48-21-18-22-49(2)71(48)55-35-38-67-69(43-55)75(47-76(67)72-63(52-25-12-8-13-26-52)41-56(51-23-10-7-11-24-51)42-64(72)54-29-19-30-57(40-54)73(4,5)6)58-31-20-32-59(44-58)78-60-36-37-62-61-33-16-17-34-66(61)77(68(62)45-60)70-39-50(3)65(46-74-70)53-27-14-9-15-28-53;/h7-43,46H,1-6H3;/q-2;/i1D3,2D3,3D3,7D,8D,9D,10D,11D,12D,13D,14D,15D,23D,24D,25D,26D,27D,28D;. The number of rotatable bonds is 10. The van der Waals surface area contributed by atoms with Gasteiger partial charge in [-0.25, -0.2) is 4.98 Å². The first-order chi connectivity index (χ1) is 47.9. The average molecular weight is 1220 g/mol. The third-order valence-electron chi connectivity index (χ3n) is 13.6. The maximum atomic E-state index is 9.57. The van der Waals surface area contributed by atoms with Crippen molar-refractivity contribution in [3.8, 4) is 84.3 Å². The molecule has 0 radical (unpaired) electrons. The zero-order valence-corrected chi connectivity index (χ0v) is 44.6. The molecule has 3 aromatic heterocycles. The van der Waals surface area contributed by atoms with Crippen LogP contribution in [0, 0.1) is 39.0 Å². The first-order valence-corrected chi connectivity index (χ1v) is 24.7. The van der Waals surface area contributed by atoms with Crippen molar-refractivity contribution in [2.45, 2.75) is 46.7 Å².